The topological polar surface area (TPSA) is 44.4 Å². The Balaban J connectivity index is 2.40. The molecule has 0 spiro atoms. The van der Waals surface area contributed by atoms with Gasteiger partial charge in [0.2, 0.25) is 5.91 Å². The zero-order chi connectivity index (χ0) is 15.0. The first kappa shape index (κ1) is 16.7. The minimum absolute atomic E-state index is 0.0334. The van der Waals surface area contributed by atoms with Gasteiger partial charge in [0.15, 0.2) is 0 Å². The molecular formula is C16H27N3O. The van der Waals surface area contributed by atoms with E-state index in [-0.39, 0.29) is 5.91 Å². The summed E-state index contributed by atoms with van der Waals surface area (Å²) in [5, 5.41) is 6.29. The van der Waals surface area contributed by atoms with Gasteiger partial charge in [-0.25, -0.2) is 0 Å². The van der Waals surface area contributed by atoms with Crippen molar-refractivity contribution in [3.63, 3.8) is 0 Å². The number of hydrogen-bond donors (Lipinski definition) is 2. The number of carbonyl (C=O) groups is 1. The Labute approximate surface area is 122 Å². The fourth-order valence-corrected chi connectivity index (χ4v) is 2.00. The first-order valence-corrected chi connectivity index (χ1v) is 7.31. The van der Waals surface area contributed by atoms with E-state index in [9.17, 15) is 4.79 Å². The third-order valence-electron chi connectivity index (χ3n) is 3.63. The second-order valence-corrected chi connectivity index (χ2v) is 5.25. The van der Waals surface area contributed by atoms with Crippen LogP contribution in [0.3, 0.4) is 0 Å². The Hall–Kier alpha value is -1.39. The molecule has 1 unspecified atom stereocenters. The van der Waals surface area contributed by atoms with E-state index in [0.717, 1.165) is 30.9 Å². The largest absolute Gasteiger partial charge is 0.326 e. The van der Waals surface area contributed by atoms with Crippen molar-refractivity contribution in [2.45, 2.75) is 39.8 Å². The Kier molecular flexibility index (Phi) is 7.26. The summed E-state index contributed by atoms with van der Waals surface area (Å²) >= 11 is 0. The Morgan fingerprint density at radius 1 is 1.35 bits per heavy atom. The summed E-state index contributed by atoms with van der Waals surface area (Å²) in [5.74, 6) is -0.0334. The van der Waals surface area contributed by atoms with Gasteiger partial charge in [-0.3, -0.25) is 4.79 Å². The fourth-order valence-electron chi connectivity index (χ4n) is 2.00. The van der Waals surface area contributed by atoms with E-state index in [1.807, 2.05) is 24.3 Å². The molecule has 1 aromatic carbocycles. The summed E-state index contributed by atoms with van der Waals surface area (Å²) in [7, 11) is 2.15. The number of anilines is 1. The van der Waals surface area contributed by atoms with Gasteiger partial charge in [-0.2, -0.15) is 0 Å². The highest BCUT2D eigenvalue weighted by Crippen LogP contribution is 2.14. The maximum absolute atomic E-state index is 11.2. The van der Waals surface area contributed by atoms with Crippen LogP contribution in [-0.2, 0) is 11.3 Å². The molecule has 0 heterocycles. The molecule has 0 saturated heterocycles. The first-order valence-electron chi connectivity index (χ1n) is 7.31. The van der Waals surface area contributed by atoms with E-state index in [1.165, 1.54) is 13.3 Å². The molecule has 0 aliphatic rings. The molecule has 112 valence electrons. The summed E-state index contributed by atoms with van der Waals surface area (Å²) in [6, 6.07) is 8.52. The highest BCUT2D eigenvalue weighted by atomic mass is 16.1. The molecule has 20 heavy (non-hydrogen) atoms. The van der Waals surface area contributed by atoms with Crippen LogP contribution in [0.4, 0.5) is 5.69 Å². The molecular weight excluding hydrogens is 250 g/mol. The van der Waals surface area contributed by atoms with Crippen LogP contribution >= 0.6 is 0 Å². The summed E-state index contributed by atoms with van der Waals surface area (Å²) in [6.07, 6.45) is 1.17. The first-order chi connectivity index (χ1) is 9.54. The molecule has 4 heteroatoms. The van der Waals surface area contributed by atoms with Crippen molar-refractivity contribution in [1.82, 2.24) is 10.2 Å². The second-order valence-electron chi connectivity index (χ2n) is 5.25. The van der Waals surface area contributed by atoms with Crippen molar-refractivity contribution in [3.8, 4) is 0 Å². The third-order valence-corrected chi connectivity index (χ3v) is 3.63. The molecule has 0 aromatic heterocycles. The summed E-state index contributed by atoms with van der Waals surface area (Å²) in [4.78, 5) is 13.5. The van der Waals surface area contributed by atoms with Crippen LogP contribution in [0, 0.1) is 0 Å². The molecule has 0 saturated carbocycles. The van der Waals surface area contributed by atoms with Gasteiger partial charge in [-0.15, -0.1) is 0 Å². The van der Waals surface area contributed by atoms with E-state index in [0.29, 0.717) is 6.04 Å². The number of benzene rings is 1. The summed E-state index contributed by atoms with van der Waals surface area (Å²) < 4.78 is 0. The minimum atomic E-state index is -0.0334. The van der Waals surface area contributed by atoms with Crippen LogP contribution in [0.5, 0.6) is 0 Å². The van der Waals surface area contributed by atoms with Crippen LogP contribution in [0.25, 0.3) is 0 Å². The predicted molar refractivity (Wildman–Crippen MR) is 84.8 cm³/mol. The van der Waals surface area contributed by atoms with Gasteiger partial charge in [0.1, 0.15) is 0 Å². The average Bonchev–Trinajstić information content (AvgIpc) is 2.43. The standard InChI is InChI=1S/C16H27N3O/c1-5-13(2)19(4)11-10-17-12-15-8-6-7-9-16(15)18-14(3)20/h6-9,13,17H,5,10-12H2,1-4H3,(H,18,20). The lowest BCUT2D eigenvalue weighted by Crippen LogP contribution is -2.34. The predicted octanol–water partition coefficient (Wildman–Crippen LogP) is 2.46. The number of carbonyl (C=O) groups excluding carboxylic acids is 1. The van der Waals surface area contributed by atoms with Gasteiger partial charge < -0.3 is 15.5 Å². The molecule has 0 aliphatic heterocycles. The molecule has 1 atom stereocenters. The van der Waals surface area contributed by atoms with Crippen LogP contribution in [0.15, 0.2) is 24.3 Å². The molecule has 0 fully saturated rings. The quantitative estimate of drug-likeness (QED) is 0.717. The van der Waals surface area contributed by atoms with E-state index < -0.39 is 0 Å². The number of amides is 1. The van der Waals surface area contributed by atoms with Crippen molar-refractivity contribution in [3.05, 3.63) is 29.8 Å². The van der Waals surface area contributed by atoms with Crippen molar-refractivity contribution < 1.29 is 4.79 Å². The molecule has 1 rings (SSSR count). The minimum Gasteiger partial charge on any atom is -0.326 e. The SMILES string of the molecule is CCC(C)N(C)CCNCc1ccccc1NC(C)=O. The average molecular weight is 277 g/mol. The van der Waals surface area contributed by atoms with Crippen molar-refractivity contribution in [2.75, 3.05) is 25.5 Å². The second kappa shape index (κ2) is 8.72. The number of nitrogens with zero attached hydrogens (tertiary/aromatic N) is 1. The van der Waals surface area contributed by atoms with Crippen LogP contribution in [0.1, 0.15) is 32.8 Å². The molecule has 0 radical (unpaired) electrons. The smallest absolute Gasteiger partial charge is 0.221 e. The summed E-state index contributed by atoms with van der Waals surface area (Å²) in [5.41, 5.74) is 2.01. The van der Waals surface area contributed by atoms with Crippen molar-refractivity contribution in [1.29, 1.82) is 0 Å². The van der Waals surface area contributed by atoms with Gasteiger partial charge in [0.25, 0.3) is 0 Å². The van der Waals surface area contributed by atoms with Crippen LogP contribution in [-0.4, -0.2) is 37.0 Å². The monoisotopic (exact) mass is 277 g/mol. The fraction of sp³-hybridized carbons (Fsp3) is 0.562. The van der Waals surface area contributed by atoms with Crippen LogP contribution < -0.4 is 10.6 Å². The maximum atomic E-state index is 11.2. The van der Waals surface area contributed by atoms with E-state index in [2.05, 4.69) is 36.4 Å². The highest BCUT2D eigenvalue weighted by Gasteiger charge is 2.06. The lowest BCUT2D eigenvalue weighted by Gasteiger charge is -2.23. The molecule has 2 N–H and O–H groups in total. The van der Waals surface area contributed by atoms with Gasteiger partial charge in [-0.1, -0.05) is 25.1 Å². The van der Waals surface area contributed by atoms with E-state index >= 15 is 0 Å². The Morgan fingerprint density at radius 2 is 2.05 bits per heavy atom. The van der Waals surface area contributed by atoms with Crippen molar-refractivity contribution >= 4 is 11.6 Å². The molecule has 0 aliphatic carbocycles. The number of nitrogens with one attached hydrogen (secondary N) is 2. The summed E-state index contributed by atoms with van der Waals surface area (Å²) in [6.45, 7) is 8.72. The molecule has 0 bridgehead atoms. The third kappa shape index (κ3) is 5.72. The lowest BCUT2D eigenvalue weighted by atomic mass is 10.1. The van der Waals surface area contributed by atoms with E-state index in [1.54, 1.807) is 0 Å². The van der Waals surface area contributed by atoms with Gasteiger partial charge in [-0.05, 0) is 32.0 Å². The zero-order valence-corrected chi connectivity index (χ0v) is 13.1. The number of rotatable bonds is 8. The van der Waals surface area contributed by atoms with Gasteiger partial charge in [0, 0.05) is 38.3 Å². The van der Waals surface area contributed by atoms with Crippen LogP contribution in [0.2, 0.25) is 0 Å². The molecule has 1 aromatic rings. The van der Waals surface area contributed by atoms with E-state index in [4.69, 9.17) is 0 Å². The number of likely N-dealkylation sites (N-methyl/N-ethyl adjacent to an activating group) is 1. The Morgan fingerprint density at radius 3 is 2.70 bits per heavy atom. The molecule has 4 nitrogen and oxygen atoms in total. The Bertz CT molecular complexity index is 420. The van der Waals surface area contributed by atoms with Gasteiger partial charge in [0.05, 0.1) is 0 Å². The molecule has 1 amide bonds. The van der Waals surface area contributed by atoms with Crippen molar-refractivity contribution in [2.24, 2.45) is 0 Å². The maximum Gasteiger partial charge on any atom is 0.221 e. The normalized spacial score (nSPS) is 12.4. The van der Waals surface area contributed by atoms with Gasteiger partial charge >= 0.3 is 0 Å². The lowest BCUT2D eigenvalue weighted by molar-refractivity contribution is -0.114. The number of para-hydroxylation sites is 1. The highest BCUT2D eigenvalue weighted by molar-refractivity contribution is 5.89. The zero-order valence-electron chi connectivity index (χ0n) is 13.1. The number of hydrogen-bond acceptors (Lipinski definition) is 3.